The number of nitrogens with zero attached hydrogens (tertiary/aromatic N) is 4. The van der Waals surface area contributed by atoms with Crippen molar-refractivity contribution in [1.82, 2.24) is 24.9 Å². The molecule has 2 aromatic heterocycles. The smallest absolute Gasteiger partial charge is 0.163 e. The van der Waals surface area contributed by atoms with Crippen LogP contribution in [-0.2, 0) is 6.42 Å². The highest BCUT2D eigenvalue weighted by atomic mass is 35.5. The molecule has 0 spiro atoms. The molecule has 0 saturated heterocycles. The lowest BCUT2D eigenvalue weighted by atomic mass is 10.1. The van der Waals surface area contributed by atoms with E-state index in [1.165, 1.54) is 0 Å². The van der Waals surface area contributed by atoms with Crippen LogP contribution in [0.1, 0.15) is 18.7 Å². The van der Waals surface area contributed by atoms with E-state index in [-0.39, 0.29) is 0 Å². The van der Waals surface area contributed by atoms with Crippen molar-refractivity contribution in [3.8, 4) is 22.6 Å². The van der Waals surface area contributed by atoms with E-state index < -0.39 is 0 Å². The number of fused-ring (bicyclic) bond motifs is 1. The minimum absolute atomic E-state index is 0.701. The number of hydrogen-bond acceptors (Lipinski definition) is 4. The number of aromatic nitrogens is 4. The quantitative estimate of drug-likeness (QED) is 0.466. The van der Waals surface area contributed by atoms with Gasteiger partial charge in [0, 0.05) is 28.6 Å². The molecular formula is C22H22ClN5. The molecule has 4 aromatic rings. The van der Waals surface area contributed by atoms with E-state index >= 15 is 0 Å². The fourth-order valence-electron chi connectivity index (χ4n) is 3.17. The van der Waals surface area contributed by atoms with Gasteiger partial charge in [0.2, 0.25) is 0 Å². The Hall–Kier alpha value is -2.76. The first-order chi connectivity index (χ1) is 13.7. The normalized spacial score (nSPS) is 11.2. The number of benzene rings is 2. The molecule has 1 N–H and O–H groups in total. The number of halogens is 1. The van der Waals surface area contributed by atoms with Crippen molar-refractivity contribution < 1.29 is 0 Å². The molecule has 5 nitrogen and oxygen atoms in total. The average molecular weight is 392 g/mol. The fraction of sp³-hybridized carbons (Fsp3) is 0.227. The van der Waals surface area contributed by atoms with Crippen LogP contribution in [0.5, 0.6) is 0 Å². The number of aryl methyl sites for hydroxylation is 1. The van der Waals surface area contributed by atoms with E-state index in [4.69, 9.17) is 26.7 Å². The number of rotatable bonds is 7. The molecule has 142 valence electrons. The summed E-state index contributed by atoms with van der Waals surface area (Å²) < 4.78 is 1.88. The fourth-order valence-corrected chi connectivity index (χ4v) is 3.29. The van der Waals surface area contributed by atoms with Crippen LogP contribution < -0.4 is 5.32 Å². The lowest BCUT2D eigenvalue weighted by Crippen LogP contribution is -2.10. The highest BCUT2D eigenvalue weighted by Gasteiger charge is 2.13. The van der Waals surface area contributed by atoms with Crippen molar-refractivity contribution in [2.45, 2.75) is 19.3 Å². The highest BCUT2D eigenvalue weighted by molar-refractivity contribution is 6.30. The van der Waals surface area contributed by atoms with Gasteiger partial charge in [-0.05, 0) is 50.7 Å². The minimum atomic E-state index is 0.701. The highest BCUT2D eigenvalue weighted by Crippen LogP contribution is 2.23. The molecule has 28 heavy (non-hydrogen) atoms. The van der Waals surface area contributed by atoms with Gasteiger partial charge >= 0.3 is 0 Å². The molecule has 0 aliphatic heterocycles. The summed E-state index contributed by atoms with van der Waals surface area (Å²) in [5.74, 6) is 1.63. The largest absolute Gasteiger partial charge is 0.320 e. The third kappa shape index (κ3) is 4.06. The second-order valence-electron chi connectivity index (χ2n) is 6.70. The van der Waals surface area contributed by atoms with Gasteiger partial charge in [0.1, 0.15) is 5.82 Å². The van der Waals surface area contributed by atoms with Crippen LogP contribution in [0, 0.1) is 0 Å². The molecule has 0 unspecified atom stereocenters. The monoisotopic (exact) mass is 391 g/mol. The third-order valence-corrected chi connectivity index (χ3v) is 4.89. The molecule has 0 aliphatic carbocycles. The van der Waals surface area contributed by atoms with Crippen LogP contribution in [-0.4, -0.2) is 33.2 Å². The van der Waals surface area contributed by atoms with Gasteiger partial charge in [-0.15, -0.1) is 0 Å². The zero-order valence-corrected chi connectivity index (χ0v) is 16.5. The van der Waals surface area contributed by atoms with Crippen molar-refractivity contribution in [1.29, 1.82) is 0 Å². The summed E-state index contributed by atoms with van der Waals surface area (Å²) in [5, 5.41) is 8.68. The molecule has 6 heteroatoms. The molecule has 0 aliphatic rings. The molecule has 2 heterocycles. The number of hydrogen-bond donors (Lipinski definition) is 1. The van der Waals surface area contributed by atoms with Crippen molar-refractivity contribution in [3.05, 3.63) is 71.5 Å². The van der Waals surface area contributed by atoms with Crippen LogP contribution in [0.3, 0.4) is 0 Å². The SMILES string of the molecule is CNCCCCc1nc(-c2ccc(Cl)cc2)nc2cc(-c3ccccc3)nn12. The molecule has 0 saturated carbocycles. The molecule has 0 amide bonds. The maximum atomic E-state index is 6.03. The van der Waals surface area contributed by atoms with Crippen LogP contribution in [0.15, 0.2) is 60.7 Å². The lowest BCUT2D eigenvalue weighted by Gasteiger charge is -2.07. The Morgan fingerprint density at radius 1 is 0.929 bits per heavy atom. The summed E-state index contributed by atoms with van der Waals surface area (Å²) in [6, 6.07) is 19.8. The Bertz CT molecular complexity index is 1060. The summed E-state index contributed by atoms with van der Waals surface area (Å²) in [6.07, 6.45) is 2.97. The number of nitrogens with one attached hydrogen (secondary N) is 1. The Balaban J connectivity index is 1.77. The van der Waals surface area contributed by atoms with Gasteiger partial charge in [-0.25, -0.2) is 14.5 Å². The average Bonchev–Trinajstić information content (AvgIpc) is 3.17. The summed E-state index contributed by atoms with van der Waals surface area (Å²) >= 11 is 6.03. The first-order valence-electron chi connectivity index (χ1n) is 9.47. The van der Waals surface area contributed by atoms with E-state index in [1.54, 1.807) is 0 Å². The van der Waals surface area contributed by atoms with Crippen molar-refractivity contribution >= 4 is 17.2 Å². The Morgan fingerprint density at radius 3 is 2.46 bits per heavy atom. The molecule has 0 radical (unpaired) electrons. The minimum Gasteiger partial charge on any atom is -0.320 e. The van der Waals surface area contributed by atoms with Gasteiger partial charge in [-0.3, -0.25) is 0 Å². The van der Waals surface area contributed by atoms with Gasteiger partial charge < -0.3 is 5.32 Å². The molecule has 0 atom stereocenters. The van der Waals surface area contributed by atoms with Crippen LogP contribution in [0.25, 0.3) is 28.3 Å². The van der Waals surface area contributed by atoms with Crippen LogP contribution in [0.2, 0.25) is 5.02 Å². The maximum Gasteiger partial charge on any atom is 0.163 e. The Labute approximate surface area is 169 Å². The van der Waals surface area contributed by atoms with Gasteiger partial charge in [-0.2, -0.15) is 5.10 Å². The lowest BCUT2D eigenvalue weighted by molar-refractivity contribution is 0.647. The van der Waals surface area contributed by atoms with E-state index in [1.807, 2.05) is 60.1 Å². The van der Waals surface area contributed by atoms with Crippen molar-refractivity contribution in [2.75, 3.05) is 13.6 Å². The predicted octanol–water partition coefficient (Wildman–Crippen LogP) is 4.65. The Kier molecular flexibility index (Phi) is 5.65. The topological polar surface area (TPSA) is 55.1 Å². The van der Waals surface area contributed by atoms with Gasteiger partial charge in [0.25, 0.3) is 0 Å². The second-order valence-corrected chi connectivity index (χ2v) is 7.13. The van der Waals surface area contributed by atoms with Crippen molar-refractivity contribution in [2.24, 2.45) is 0 Å². The van der Waals surface area contributed by atoms with E-state index in [2.05, 4.69) is 17.4 Å². The molecular weight excluding hydrogens is 370 g/mol. The predicted molar refractivity (Wildman–Crippen MR) is 114 cm³/mol. The first kappa shape index (κ1) is 18.6. The summed E-state index contributed by atoms with van der Waals surface area (Å²) in [7, 11) is 1.97. The van der Waals surface area contributed by atoms with E-state index in [0.29, 0.717) is 10.8 Å². The summed E-state index contributed by atoms with van der Waals surface area (Å²) in [4.78, 5) is 9.59. The second kappa shape index (κ2) is 8.50. The summed E-state index contributed by atoms with van der Waals surface area (Å²) in [6.45, 7) is 0.993. The first-order valence-corrected chi connectivity index (χ1v) is 9.85. The number of unbranched alkanes of at least 4 members (excludes halogenated alkanes) is 1. The van der Waals surface area contributed by atoms with Gasteiger partial charge in [-0.1, -0.05) is 41.9 Å². The van der Waals surface area contributed by atoms with Gasteiger partial charge in [0.15, 0.2) is 11.5 Å². The zero-order chi connectivity index (χ0) is 19.3. The van der Waals surface area contributed by atoms with Crippen molar-refractivity contribution in [3.63, 3.8) is 0 Å². The molecule has 4 rings (SSSR count). The van der Waals surface area contributed by atoms with E-state index in [0.717, 1.165) is 54.1 Å². The van der Waals surface area contributed by atoms with Crippen LogP contribution in [0.4, 0.5) is 0 Å². The van der Waals surface area contributed by atoms with E-state index in [9.17, 15) is 0 Å². The zero-order valence-electron chi connectivity index (χ0n) is 15.8. The molecule has 0 bridgehead atoms. The van der Waals surface area contributed by atoms with Crippen LogP contribution >= 0.6 is 11.6 Å². The van der Waals surface area contributed by atoms with Gasteiger partial charge in [0.05, 0.1) is 5.69 Å². The third-order valence-electron chi connectivity index (χ3n) is 4.64. The standard InChI is InChI=1S/C22H22ClN5/c1-24-14-6-5-9-20-25-22(17-10-12-18(23)13-11-17)26-21-15-19(27-28(20)21)16-7-3-2-4-8-16/h2-4,7-8,10-13,15,24H,5-6,9,14H2,1H3. The molecule has 2 aromatic carbocycles. The Morgan fingerprint density at radius 2 is 1.71 bits per heavy atom. The maximum absolute atomic E-state index is 6.03. The summed E-state index contributed by atoms with van der Waals surface area (Å²) in [5.41, 5.74) is 3.73. The molecule has 0 fully saturated rings.